The number of amides is 1. The Morgan fingerprint density at radius 1 is 1.29 bits per heavy atom. The Balaban J connectivity index is 1.57. The zero-order chi connectivity index (χ0) is 19.7. The topological polar surface area (TPSA) is 93.5 Å². The minimum Gasteiger partial charge on any atom is -0.379 e. The van der Waals surface area contributed by atoms with E-state index in [-0.39, 0.29) is 10.8 Å². The maximum Gasteiger partial charge on any atom is 0.243 e. The van der Waals surface area contributed by atoms with Crippen molar-refractivity contribution in [3.8, 4) is 0 Å². The van der Waals surface area contributed by atoms with Crippen LogP contribution in [0.5, 0.6) is 0 Å². The number of carbonyl (C=O) groups excluding carboxylic acids is 1. The minimum atomic E-state index is -3.56. The molecule has 0 spiro atoms. The third-order valence-corrected chi connectivity index (χ3v) is 7.14. The van der Waals surface area contributed by atoms with Gasteiger partial charge in [-0.3, -0.25) is 4.79 Å². The lowest BCUT2D eigenvalue weighted by Crippen LogP contribution is -2.40. The molecular formula is C19H26N4O4S. The molecule has 2 aliphatic rings. The van der Waals surface area contributed by atoms with Gasteiger partial charge in [-0.15, -0.1) is 0 Å². The van der Waals surface area contributed by atoms with Crippen LogP contribution in [-0.2, 0) is 32.5 Å². The van der Waals surface area contributed by atoms with Crippen LogP contribution in [0.4, 0.5) is 0 Å². The van der Waals surface area contributed by atoms with Crippen molar-refractivity contribution in [2.75, 3.05) is 26.3 Å². The number of rotatable bonds is 7. The molecule has 2 heterocycles. The maximum absolute atomic E-state index is 12.9. The summed E-state index contributed by atoms with van der Waals surface area (Å²) in [4.78, 5) is 16.9. The standard InChI is InChI=1S/C19H26N4O4S/c1-2-23-17-6-5-15(28(25,26)22-9-11-27-12-10-22)13-16(17)21-18(23)7-8-19(24)20-14-3-4-14/h5-6,13-14H,2-4,7-12H2,1H3,(H,20,24). The average molecular weight is 407 g/mol. The number of sulfonamides is 1. The van der Waals surface area contributed by atoms with Crippen molar-refractivity contribution >= 4 is 27.0 Å². The van der Waals surface area contributed by atoms with Crippen molar-refractivity contribution in [1.29, 1.82) is 0 Å². The number of aromatic nitrogens is 2. The van der Waals surface area contributed by atoms with Gasteiger partial charge in [-0.2, -0.15) is 4.31 Å². The zero-order valence-corrected chi connectivity index (χ0v) is 16.9. The zero-order valence-electron chi connectivity index (χ0n) is 16.1. The predicted molar refractivity (Wildman–Crippen MR) is 104 cm³/mol. The Morgan fingerprint density at radius 3 is 2.71 bits per heavy atom. The molecule has 0 bridgehead atoms. The normalized spacial score (nSPS) is 18.5. The van der Waals surface area contributed by atoms with Crippen molar-refractivity contribution < 1.29 is 17.9 Å². The van der Waals surface area contributed by atoms with E-state index in [1.165, 1.54) is 4.31 Å². The fourth-order valence-electron chi connectivity index (χ4n) is 3.55. The molecule has 1 aliphatic carbocycles. The molecule has 2 fully saturated rings. The minimum absolute atomic E-state index is 0.0489. The van der Waals surface area contributed by atoms with E-state index in [9.17, 15) is 13.2 Å². The number of benzene rings is 1. The number of hydrogen-bond donors (Lipinski definition) is 1. The van der Waals surface area contributed by atoms with E-state index in [0.29, 0.717) is 57.2 Å². The van der Waals surface area contributed by atoms with E-state index in [1.807, 2.05) is 17.6 Å². The Kier molecular flexibility index (Phi) is 5.39. The first-order valence-electron chi connectivity index (χ1n) is 9.85. The molecule has 1 aromatic heterocycles. The third-order valence-electron chi connectivity index (χ3n) is 5.24. The second-order valence-corrected chi connectivity index (χ2v) is 9.22. The van der Waals surface area contributed by atoms with E-state index in [2.05, 4.69) is 10.3 Å². The van der Waals surface area contributed by atoms with Crippen LogP contribution in [0.1, 0.15) is 32.0 Å². The number of aryl methyl sites for hydroxylation is 2. The molecule has 1 amide bonds. The number of fused-ring (bicyclic) bond motifs is 1. The summed E-state index contributed by atoms with van der Waals surface area (Å²) in [6.45, 7) is 4.30. The molecule has 28 heavy (non-hydrogen) atoms. The van der Waals surface area contributed by atoms with Gasteiger partial charge in [0, 0.05) is 38.5 Å². The van der Waals surface area contributed by atoms with Crippen molar-refractivity contribution in [2.24, 2.45) is 0 Å². The Morgan fingerprint density at radius 2 is 2.04 bits per heavy atom. The van der Waals surface area contributed by atoms with Crippen LogP contribution in [0, 0.1) is 0 Å². The van der Waals surface area contributed by atoms with Crippen LogP contribution in [0.25, 0.3) is 11.0 Å². The molecule has 0 unspecified atom stereocenters. The highest BCUT2D eigenvalue weighted by Crippen LogP contribution is 2.24. The molecule has 4 rings (SSSR count). The lowest BCUT2D eigenvalue weighted by Gasteiger charge is -2.26. The molecule has 1 N–H and O–H groups in total. The van der Waals surface area contributed by atoms with Gasteiger partial charge in [0.05, 0.1) is 29.1 Å². The fourth-order valence-corrected chi connectivity index (χ4v) is 4.98. The summed E-state index contributed by atoms with van der Waals surface area (Å²) in [6, 6.07) is 5.45. The van der Waals surface area contributed by atoms with E-state index in [1.54, 1.807) is 12.1 Å². The number of imidazole rings is 1. The second-order valence-electron chi connectivity index (χ2n) is 7.28. The molecule has 9 heteroatoms. The van der Waals surface area contributed by atoms with Crippen LogP contribution in [0.2, 0.25) is 0 Å². The molecule has 0 atom stereocenters. The highest BCUT2D eigenvalue weighted by molar-refractivity contribution is 7.89. The Bertz CT molecular complexity index is 975. The molecule has 1 aliphatic heterocycles. The molecule has 1 saturated carbocycles. The van der Waals surface area contributed by atoms with Gasteiger partial charge in [0.1, 0.15) is 5.82 Å². The van der Waals surface area contributed by atoms with Gasteiger partial charge in [0.25, 0.3) is 0 Å². The van der Waals surface area contributed by atoms with Crippen molar-refractivity contribution in [3.05, 3.63) is 24.0 Å². The highest BCUT2D eigenvalue weighted by atomic mass is 32.2. The van der Waals surface area contributed by atoms with Gasteiger partial charge < -0.3 is 14.6 Å². The summed E-state index contributed by atoms with van der Waals surface area (Å²) in [6.07, 6.45) is 3.06. The molecular weight excluding hydrogens is 380 g/mol. The third kappa shape index (κ3) is 3.92. The summed E-state index contributed by atoms with van der Waals surface area (Å²) in [5.74, 6) is 0.858. The van der Waals surface area contributed by atoms with E-state index in [0.717, 1.165) is 24.2 Å². The Hall–Kier alpha value is -1.97. The number of ether oxygens (including phenoxy) is 1. The van der Waals surface area contributed by atoms with Gasteiger partial charge in [-0.05, 0) is 38.0 Å². The molecule has 1 saturated heterocycles. The summed E-state index contributed by atoms with van der Waals surface area (Å²) < 4.78 is 34.6. The fraction of sp³-hybridized carbons (Fsp3) is 0.579. The summed E-state index contributed by atoms with van der Waals surface area (Å²) in [7, 11) is -3.56. The molecule has 0 radical (unpaired) electrons. The van der Waals surface area contributed by atoms with Crippen LogP contribution < -0.4 is 5.32 Å². The van der Waals surface area contributed by atoms with Crippen molar-refractivity contribution in [2.45, 2.75) is 50.1 Å². The lowest BCUT2D eigenvalue weighted by atomic mass is 10.2. The predicted octanol–water partition coefficient (Wildman–Crippen LogP) is 1.29. The van der Waals surface area contributed by atoms with E-state index in [4.69, 9.17) is 4.74 Å². The summed E-state index contributed by atoms with van der Waals surface area (Å²) >= 11 is 0. The first kappa shape index (κ1) is 19.4. The quantitative estimate of drug-likeness (QED) is 0.748. The second kappa shape index (κ2) is 7.81. The number of hydrogen-bond acceptors (Lipinski definition) is 5. The smallest absolute Gasteiger partial charge is 0.243 e. The van der Waals surface area contributed by atoms with Crippen LogP contribution >= 0.6 is 0 Å². The number of nitrogens with one attached hydrogen (secondary N) is 1. The lowest BCUT2D eigenvalue weighted by molar-refractivity contribution is -0.121. The van der Waals surface area contributed by atoms with E-state index < -0.39 is 10.0 Å². The largest absolute Gasteiger partial charge is 0.379 e. The molecule has 8 nitrogen and oxygen atoms in total. The average Bonchev–Trinajstić information content (AvgIpc) is 3.44. The summed E-state index contributed by atoms with van der Waals surface area (Å²) in [5, 5.41) is 2.99. The van der Waals surface area contributed by atoms with Crippen molar-refractivity contribution in [3.63, 3.8) is 0 Å². The number of carbonyl (C=O) groups is 1. The SMILES string of the molecule is CCn1c(CCC(=O)NC2CC2)nc2cc(S(=O)(=O)N3CCOCC3)ccc21. The van der Waals surface area contributed by atoms with Gasteiger partial charge in [0.2, 0.25) is 15.9 Å². The molecule has 2 aromatic rings. The van der Waals surface area contributed by atoms with Crippen LogP contribution in [-0.4, -0.2) is 60.5 Å². The molecule has 152 valence electrons. The van der Waals surface area contributed by atoms with Gasteiger partial charge in [-0.25, -0.2) is 13.4 Å². The molecule has 1 aromatic carbocycles. The summed E-state index contributed by atoms with van der Waals surface area (Å²) in [5.41, 5.74) is 1.54. The van der Waals surface area contributed by atoms with Gasteiger partial charge in [0.15, 0.2) is 0 Å². The first-order chi connectivity index (χ1) is 13.5. The van der Waals surface area contributed by atoms with Crippen LogP contribution in [0.15, 0.2) is 23.1 Å². The van der Waals surface area contributed by atoms with Gasteiger partial charge in [-0.1, -0.05) is 0 Å². The monoisotopic (exact) mass is 406 g/mol. The first-order valence-corrected chi connectivity index (χ1v) is 11.3. The number of nitrogens with zero attached hydrogens (tertiary/aromatic N) is 3. The maximum atomic E-state index is 12.9. The van der Waals surface area contributed by atoms with E-state index >= 15 is 0 Å². The number of morpholine rings is 1. The van der Waals surface area contributed by atoms with Crippen molar-refractivity contribution in [1.82, 2.24) is 19.2 Å². The van der Waals surface area contributed by atoms with Gasteiger partial charge >= 0.3 is 0 Å². The Labute approximate surface area is 164 Å². The highest BCUT2D eigenvalue weighted by Gasteiger charge is 2.27. The van der Waals surface area contributed by atoms with Crippen LogP contribution in [0.3, 0.4) is 0 Å².